The topological polar surface area (TPSA) is 54.9 Å². The molecule has 0 saturated carbocycles. The molecular formula is C18H25N3OS3. The van der Waals surface area contributed by atoms with Gasteiger partial charge in [0.25, 0.3) is 0 Å². The molecule has 1 aromatic carbocycles. The van der Waals surface area contributed by atoms with Crippen molar-refractivity contribution < 1.29 is 4.79 Å². The number of anilines is 1. The van der Waals surface area contributed by atoms with Crippen LogP contribution in [0.1, 0.15) is 45.6 Å². The van der Waals surface area contributed by atoms with Crippen molar-refractivity contribution in [1.82, 2.24) is 10.2 Å². The summed E-state index contributed by atoms with van der Waals surface area (Å²) < 4.78 is 1.81. The summed E-state index contributed by atoms with van der Waals surface area (Å²) in [5, 5.41) is 11.2. The zero-order valence-electron chi connectivity index (χ0n) is 15.1. The van der Waals surface area contributed by atoms with Crippen LogP contribution in [0.5, 0.6) is 0 Å². The molecule has 1 N–H and O–H groups in total. The minimum absolute atomic E-state index is 0.0205. The third-order valence-corrected chi connectivity index (χ3v) is 7.25. The van der Waals surface area contributed by atoms with E-state index in [9.17, 15) is 4.79 Å². The molecule has 1 atom stereocenters. The Balaban J connectivity index is 1.78. The summed E-state index contributed by atoms with van der Waals surface area (Å²) in [6.07, 6.45) is 1.11. The molecule has 0 bridgehead atoms. The van der Waals surface area contributed by atoms with Crippen molar-refractivity contribution in [3.8, 4) is 0 Å². The van der Waals surface area contributed by atoms with E-state index in [1.807, 2.05) is 12.1 Å². The minimum atomic E-state index is -0.0205. The fourth-order valence-electron chi connectivity index (χ4n) is 2.01. The number of nitrogens with one attached hydrogen (secondary N) is 1. The average molecular weight is 396 g/mol. The van der Waals surface area contributed by atoms with E-state index in [0.717, 1.165) is 26.5 Å². The molecule has 0 radical (unpaired) electrons. The molecule has 0 spiro atoms. The predicted molar refractivity (Wildman–Crippen MR) is 110 cm³/mol. The van der Waals surface area contributed by atoms with Crippen LogP contribution in [0, 0.1) is 5.92 Å². The molecular weight excluding hydrogens is 370 g/mol. The van der Waals surface area contributed by atoms with Crippen LogP contribution in [0.3, 0.4) is 0 Å². The lowest BCUT2D eigenvalue weighted by atomic mass is 9.99. The first-order chi connectivity index (χ1) is 12.0. The van der Waals surface area contributed by atoms with E-state index in [1.54, 1.807) is 23.1 Å². The van der Waals surface area contributed by atoms with Gasteiger partial charge in [-0.2, -0.15) is 0 Å². The Morgan fingerprint density at radius 1 is 1.12 bits per heavy atom. The van der Waals surface area contributed by atoms with Crippen molar-refractivity contribution in [1.29, 1.82) is 0 Å². The number of thioether (sulfide) groups is 2. The van der Waals surface area contributed by atoms with Gasteiger partial charge in [-0.05, 0) is 36.0 Å². The zero-order chi connectivity index (χ0) is 18.2. The lowest BCUT2D eigenvalue weighted by Gasteiger charge is -2.10. The highest BCUT2D eigenvalue weighted by Gasteiger charge is 2.10. The van der Waals surface area contributed by atoms with Crippen LogP contribution < -0.4 is 5.32 Å². The summed E-state index contributed by atoms with van der Waals surface area (Å²) in [6.45, 7) is 8.75. The van der Waals surface area contributed by atoms with Gasteiger partial charge in [0, 0.05) is 11.4 Å². The summed E-state index contributed by atoms with van der Waals surface area (Å²) in [6, 6.07) is 8.10. The standard InChI is InChI=1S/C18H25N3OS3/c1-5-13(4)14-6-8-15(9-7-14)19-16(22)11-24-18-21-20-17(25-18)23-10-12(2)3/h6-9,12-13H,5,10-11H2,1-4H3,(H,19,22)/t13-/m1/s1. The van der Waals surface area contributed by atoms with Crippen molar-refractivity contribution in [2.75, 3.05) is 16.8 Å². The van der Waals surface area contributed by atoms with Gasteiger partial charge in [-0.25, -0.2) is 0 Å². The third kappa shape index (κ3) is 6.99. The van der Waals surface area contributed by atoms with Crippen molar-refractivity contribution in [2.45, 2.75) is 48.7 Å². The maximum Gasteiger partial charge on any atom is 0.234 e. The molecule has 2 rings (SSSR count). The van der Waals surface area contributed by atoms with Gasteiger partial charge in [0.05, 0.1) is 5.75 Å². The number of carbonyl (C=O) groups excluding carboxylic acids is 1. The second kappa shape index (κ2) is 10.2. The summed E-state index contributed by atoms with van der Waals surface area (Å²) in [5.74, 6) is 2.53. The number of nitrogens with zero attached hydrogens (tertiary/aromatic N) is 2. The first-order valence-corrected chi connectivity index (χ1v) is 11.3. The van der Waals surface area contributed by atoms with Crippen LogP contribution in [-0.2, 0) is 4.79 Å². The first kappa shape index (κ1) is 20.3. The zero-order valence-corrected chi connectivity index (χ0v) is 17.6. The van der Waals surface area contributed by atoms with E-state index >= 15 is 0 Å². The molecule has 25 heavy (non-hydrogen) atoms. The Labute approximate surface area is 162 Å². The molecule has 136 valence electrons. The Bertz CT molecular complexity index is 670. The largest absolute Gasteiger partial charge is 0.325 e. The van der Waals surface area contributed by atoms with Gasteiger partial charge in [0.2, 0.25) is 5.91 Å². The maximum absolute atomic E-state index is 12.1. The number of hydrogen-bond donors (Lipinski definition) is 1. The molecule has 0 aliphatic rings. The van der Waals surface area contributed by atoms with Crippen LogP contribution >= 0.6 is 34.9 Å². The van der Waals surface area contributed by atoms with Crippen molar-refractivity contribution >= 4 is 46.5 Å². The third-order valence-electron chi connectivity index (χ3n) is 3.63. The van der Waals surface area contributed by atoms with E-state index in [0.29, 0.717) is 17.6 Å². The highest BCUT2D eigenvalue weighted by Crippen LogP contribution is 2.29. The molecule has 1 amide bonds. The Kier molecular flexibility index (Phi) is 8.26. The van der Waals surface area contributed by atoms with E-state index in [4.69, 9.17) is 0 Å². The average Bonchev–Trinajstić information content (AvgIpc) is 3.06. The molecule has 0 saturated heterocycles. The van der Waals surface area contributed by atoms with Crippen molar-refractivity contribution in [2.24, 2.45) is 5.92 Å². The Hall–Kier alpha value is -1.05. The first-order valence-electron chi connectivity index (χ1n) is 8.46. The highest BCUT2D eigenvalue weighted by atomic mass is 32.2. The molecule has 4 nitrogen and oxygen atoms in total. The number of benzene rings is 1. The normalized spacial score (nSPS) is 12.4. The van der Waals surface area contributed by atoms with Gasteiger partial charge < -0.3 is 5.32 Å². The molecule has 2 aromatic rings. The van der Waals surface area contributed by atoms with Crippen LogP contribution in [0.4, 0.5) is 5.69 Å². The smallest absolute Gasteiger partial charge is 0.234 e. The highest BCUT2D eigenvalue weighted by molar-refractivity contribution is 8.03. The van der Waals surface area contributed by atoms with Crippen molar-refractivity contribution in [3.05, 3.63) is 29.8 Å². The molecule has 1 aromatic heterocycles. The lowest BCUT2D eigenvalue weighted by Crippen LogP contribution is -2.13. The van der Waals surface area contributed by atoms with Gasteiger partial charge in [-0.3, -0.25) is 4.79 Å². The summed E-state index contributed by atoms with van der Waals surface area (Å²) in [7, 11) is 0. The molecule has 0 unspecified atom stereocenters. The maximum atomic E-state index is 12.1. The summed E-state index contributed by atoms with van der Waals surface area (Å²) in [5.41, 5.74) is 2.14. The predicted octanol–water partition coefficient (Wildman–Crippen LogP) is 5.53. The number of carbonyl (C=O) groups is 1. The molecule has 1 heterocycles. The summed E-state index contributed by atoms with van der Waals surface area (Å²) >= 11 is 4.71. The summed E-state index contributed by atoms with van der Waals surface area (Å²) in [4.78, 5) is 12.1. The number of rotatable bonds is 9. The van der Waals surface area contributed by atoms with E-state index in [2.05, 4.69) is 55.3 Å². The number of hydrogen-bond acceptors (Lipinski definition) is 6. The minimum Gasteiger partial charge on any atom is -0.325 e. The SMILES string of the molecule is CC[C@@H](C)c1ccc(NC(=O)CSc2nnc(SCC(C)C)s2)cc1. The van der Waals surface area contributed by atoms with Crippen LogP contribution in [0.15, 0.2) is 32.9 Å². The van der Waals surface area contributed by atoms with E-state index in [-0.39, 0.29) is 5.91 Å². The van der Waals surface area contributed by atoms with Gasteiger partial charge in [0.15, 0.2) is 8.68 Å². The second-order valence-corrected chi connectivity index (χ2v) is 9.77. The Morgan fingerprint density at radius 2 is 1.76 bits per heavy atom. The van der Waals surface area contributed by atoms with Gasteiger partial charge in [0.1, 0.15) is 0 Å². The van der Waals surface area contributed by atoms with Gasteiger partial charge in [-0.1, -0.05) is 74.7 Å². The Morgan fingerprint density at radius 3 is 2.36 bits per heavy atom. The molecule has 0 aliphatic carbocycles. The van der Waals surface area contributed by atoms with E-state index in [1.165, 1.54) is 17.3 Å². The molecule has 7 heteroatoms. The monoisotopic (exact) mass is 395 g/mol. The van der Waals surface area contributed by atoms with Crippen LogP contribution in [0.2, 0.25) is 0 Å². The fraction of sp³-hybridized carbons (Fsp3) is 0.500. The quantitative estimate of drug-likeness (QED) is 0.566. The molecule has 0 fully saturated rings. The lowest BCUT2D eigenvalue weighted by molar-refractivity contribution is -0.113. The van der Waals surface area contributed by atoms with E-state index < -0.39 is 0 Å². The van der Waals surface area contributed by atoms with Gasteiger partial charge >= 0.3 is 0 Å². The number of amides is 1. The van der Waals surface area contributed by atoms with Crippen molar-refractivity contribution in [3.63, 3.8) is 0 Å². The van der Waals surface area contributed by atoms with Crippen LogP contribution in [0.25, 0.3) is 0 Å². The molecule has 0 aliphatic heterocycles. The fourth-order valence-corrected chi connectivity index (χ4v) is 4.80. The number of aromatic nitrogens is 2. The second-order valence-electron chi connectivity index (χ2n) is 6.31. The van der Waals surface area contributed by atoms with Gasteiger partial charge in [-0.15, -0.1) is 10.2 Å². The van der Waals surface area contributed by atoms with Crippen LogP contribution in [-0.4, -0.2) is 27.6 Å².